The Bertz CT molecular complexity index is 474. The van der Waals surface area contributed by atoms with Gasteiger partial charge in [0, 0.05) is 31.9 Å². The number of carbonyl (C=O) groups is 2. The Hall–Kier alpha value is -1.69. The zero-order valence-corrected chi connectivity index (χ0v) is 11.5. The SMILES string of the molecule is CCNC(=O)N1CC[C@@H](NC(=O)c2cc(Cl)c[nH]2)C1. The van der Waals surface area contributed by atoms with Gasteiger partial charge in [0.1, 0.15) is 5.69 Å². The summed E-state index contributed by atoms with van der Waals surface area (Å²) in [5.74, 6) is -0.199. The fourth-order valence-electron chi connectivity index (χ4n) is 2.09. The molecule has 3 N–H and O–H groups in total. The van der Waals surface area contributed by atoms with Crippen LogP contribution in [0.2, 0.25) is 5.02 Å². The second kappa shape index (κ2) is 5.97. The first kappa shape index (κ1) is 13.7. The van der Waals surface area contributed by atoms with Crippen LogP contribution in [0.15, 0.2) is 12.3 Å². The quantitative estimate of drug-likeness (QED) is 0.780. The number of halogens is 1. The first-order valence-electron chi connectivity index (χ1n) is 6.27. The molecule has 0 unspecified atom stereocenters. The van der Waals surface area contributed by atoms with Crippen molar-refractivity contribution in [2.24, 2.45) is 0 Å². The van der Waals surface area contributed by atoms with Gasteiger partial charge >= 0.3 is 6.03 Å². The number of carbonyl (C=O) groups excluding carboxylic acids is 2. The standard InChI is InChI=1S/C12H17ClN4O2/c1-2-14-12(19)17-4-3-9(7-17)16-11(18)10-5-8(13)6-15-10/h5-6,9,15H,2-4,7H2,1H3,(H,14,19)(H,16,18)/t9-/m1/s1. The van der Waals surface area contributed by atoms with Crippen molar-refractivity contribution in [3.05, 3.63) is 23.0 Å². The number of hydrogen-bond acceptors (Lipinski definition) is 2. The minimum atomic E-state index is -0.199. The van der Waals surface area contributed by atoms with Crippen LogP contribution in [0.3, 0.4) is 0 Å². The molecule has 1 saturated heterocycles. The fourth-order valence-corrected chi connectivity index (χ4v) is 2.25. The molecule has 1 aromatic heterocycles. The van der Waals surface area contributed by atoms with Gasteiger partial charge in [0.05, 0.1) is 5.02 Å². The smallest absolute Gasteiger partial charge is 0.317 e. The Balaban J connectivity index is 1.85. The van der Waals surface area contributed by atoms with Crippen LogP contribution in [0.5, 0.6) is 0 Å². The summed E-state index contributed by atoms with van der Waals surface area (Å²) < 4.78 is 0. The van der Waals surface area contributed by atoms with E-state index in [1.165, 1.54) is 0 Å². The fraction of sp³-hybridized carbons (Fsp3) is 0.500. The average Bonchev–Trinajstić information content (AvgIpc) is 2.98. The molecule has 3 amide bonds. The molecular formula is C12H17ClN4O2. The lowest BCUT2D eigenvalue weighted by Crippen LogP contribution is -2.42. The summed E-state index contributed by atoms with van der Waals surface area (Å²) in [5, 5.41) is 6.13. The third-order valence-corrected chi connectivity index (χ3v) is 3.25. The van der Waals surface area contributed by atoms with Crippen LogP contribution < -0.4 is 10.6 Å². The van der Waals surface area contributed by atoms with Gasteiger partial charge in [0.25, 0.3) is 5.91 Å². The van der Waals surface area contributed by atoms with Crippen LogP contribution in [-0.4, -0.2) is 47.5 Å². The van der Waals surface area contributed by atoms with E-state index < -0.39 is 0 Å². The highest BCUT2D eigenvalue weighted by Crippen LogP contribution is 2.12. The summed E-state index contributed by atoms with van der Waals surface area (Å²) in [4.78, 5) is 28.0. The lowest BCUT2D eigenvalue weighted by Gasteiger charge is -2.17. The number of rotatable bonds is 3. The number of aromatic amines is 1. The predicted octanol–water partition coefficient (Wildman–Crippen LogP) is 1.20. The van der Waals surface area contributed by atoms with E-state index in [0.29, 0.717) is 30.4 Å². The highest BCUT2D eigenvalue weighted by molar-refractivity contribution is 6.30. The molecule has 104 valence electrons. The van der Waals surface area contributed by atoms with Gasteiger partial charge in [-0.2, -0.15) is 0 Å². The molecule has 7 heteroatoms. The van der Waals surface area contributed by atoms with Crippen LogP contribution in [0.4, 0.5) is 4.79 Å². The van der Waals surface area contributed by atoms with Gasteiger partial charge in [-0.25, -0.2) is 4.79 Å². The van der Waals surface area contributed by atoms with E-state index in [0.717, 1.165) is 6.42 Å². The van der Waals surface area contributed by atoms with Crippen molar-refractivity contribution < 1.29 is 9.59 Å². The molecule has 1 atom stereocenters. The van der Waals surface area contributed by atoms with Crippen LogP contribution in [0.25, 0.3) is 0 Å². The Morgan fingerprint density at radius 3 is 3.00 bits per heavy atom. The highest BCUT2D eigenvalue weighted by Gasteiger charge is 2.27. The lowest BCUT2D eigenvalue weighted by atomic mass is 10.2. The van der Waals surface area contributed by atoms with E-state index in [-0.39, 0.29) is 18.0 Å². The second-order valence-electron chi connectivity index (χ2n) is 4.47. The van der Waals surface area contributed by atoms with Crippen LogP contribution in [0.1, 0.15) is 23.8 Å². The average molecular weight is 285 g/mol. The Morgan fingerprint density at radius 2 is 2.37 bits per heavy atom. The van der Waals surface area contributed by atoms with E-state index in [9.17, 15) is 9.59 Å². The van der Waals surface area contributed by atoms with Crippen LogP contribution >= 0.6 is 11.6 Å². The molecule has 0 aliphatic carbocycles. The minimum Gasteiger partial charge on any atom is -0.356 e. The molecule has 1 aliphatic heterocycles. The topological polar surface area (TPSA) is 77.2 Å². The second-order valence-corrected chi connectivity index (χ2v) is 4.91. The molecule has 0 bridgehead atoms. The largest absolute Gasteiger partial charge is 0.356 e. The summed E-state index contributed by atoms with van der Waals surface area (Å²) in [5.41, 5.74) is 0.432. The van der Waals surface area contributed by atoms with Crippen molar-refractivity contribution in [2.75, 3.05) is 19.6 Å². The van der Waals surface area contributed by atoms with Crippen LogP contribution in [-0.2, 0) is 0 Å². The molecule has 1 aliphatic rings. The Morgan fingerprint density at radius 1 is 1.58 bits per heavy atom. The summed E-state index contributed by atoms with van der Waals surface area (Å²) >= 11 is 5.75. The van der Waals surface area contributed by atoms with E-state index in [4.69, 9.17) is 11.6 Å². The van der Waals surface area contributed by atoms with E-state index in [1.54, 1.807) is 17.2 Å². The third kappa shape index (κ3) is 3.41. The first-order chi connectivity index (χ1) is 9.10. The summed E-state index contributed by atoms with van der Waals surface area (Å²) in [7, 11) is 0. The minimum absolute atomic E-state index is 0.0165. The van der Waals surface area contributed by atoms with Gasteiger partial charge < -0.3 is 20.5 Å². The zero-order chi connectivity index (χ0) is 13.8. The van der Waals surface area contributed by atoms with Gasteiger partial charge in [0.2, 0.25) is 0 Å². The normalized spacial score (nSPS) is 18.4. The van der Waals surface area contributed by atoms with Crippen molar-refractivity contribution in [3.63, 3.8) is 0 Å². The molecule has 2 heterocycles. The van der Waals surface area contributed by atoms with Gasteiger partial charge in [-0.1, -0.05) is 11.6 Å². The summed E-state index contributed by atoms with van der Waals surface area (Å²) in [6.45, 7) is 3.67. The van der Waals surface area contributed by atoms with Crippen molar-refractivity contribution in [1.82, 2.24) is 20.5 Å². The van der Waals surface area contributed by atoms with Crippen LogP contribution in [0, 0.1) is 0 Å². The molecule has 1 aromatic rings. The number of hydrogen-bond donors (Lipinski definition) is 3. The van der Waals surface area contributed by atoms with Gasteiger partial charge in [-0.3, -0.25) is 4.79 Å². The Kier molecular flexibility index (Phi) is 4.31. The zero-order valence-electron chi connectivity index (χ0n) is 10.7. The molecular weight excluding hydrogens is 268 g/mol. The van der Waals surface area contributed by atoms with Crippen molar-refractivity contribution >= 4 is 23.5 Å². The summed E-state index contributed by atoms with van der Waals surface area (Å²) in [6.07, 6.45) is 2.32. The molecule has 2 rings (SSSR count). The van der Waals surface area contributed by atoms with E-state index in [1.807, 2.05) is 6.92 Å². The molecule has 19 heavy (non-hydrogen) atoms. The van der Waals surface area contributed by atoms with E-state index in [2.05, 4.69) is 15.6 Å². The maximum Gasteiger partial charge on any atom is 0.317 e. The van der Waals surface area contributed by atoms with Gasteiger partial charge in [-0.05, 0) is 19.4 Å². The predicted molar refractivity (Wildman–Crippen MR) is 72.3 cm³/mol. The molecule has 0 radical (unpaired) electrons. The molecule has 0 spiro atoms. The highest BCUT2D eigenvalue weighted by atomic mass is 35.5. The number of H-pyrrole nitrogens is 1. The third-order valence-electron chi connectivity index (χ3n) is 3.03. The molecule has 6 nitrogen and oxygen atoms in total. The number of nitrogens with zero attached hydrogens (tertiary/aromatic N) is 1. The number of urea groups is 1. The number of aromatic nitrogens is 1. The maximum absolute atomic E-state index is 11.9. The number of likely N-dealkylation sites (tertiary alicyclic amines) is 1. The number of amides is 3. The van der Waals surface area contributed by atoms with Gasteiger partial charge in [0.15, 0.2) is 0 Å². The van der Waals surface area contributed by atoms with Crippen molar-refractivity contribution in [3.8, 4) is 0 Å². The molecule has 1 fully saturated rings. The van der Waals surface area contributed by atoms with Gasteiger partial charge in [-0.15, -0.1) is 0 Å². The monoisotopic (exact) mass is 284 g/mol. The van der Waals surface area contributed by atoms with E-state index >= 15 is 0 Å². The first-order valence-corrected chi connectivity index (χ1v) is 6.65. The van der Waals surface area contributed by atoms with Crippen molar-refractivity contribution in [1.29, 1.82) is 0 Å². The molecule has 0 aromatic carbocycles. The molecule has 0 saturated carbocycles. The lowest BCUT2D eigenvalue weighted by molar-refractivity contribution is 0.0933. The number of nitrogens with one attached hydrogen (secondary N) is 3. The maximum atomic E-state index is 11.9. The summed E-state index contributed by atoms with van der Waals surface area (Å²) in [6, 6.07) is 1.48. The Labute approximate surface area is 116 Å². The van der Waals surface area contributed by atoms with Crippen molar-refractivity contribution in [2.45, 2.75) is 19.4 Å².